The smallest absolute Gasteiger partial charge is 0.468 e. The minimum atomic E-state index is -1.75. The summed E-state index contributed by atoms with van der Waals surface area (Å²) in [4.78, 5) is 81.0. The van der Waals surface area contributed by atoms with Crippen LogP contribution >= 0.6 is 31.9 Å². The van der Waals surface area contributed by atoms with Gasteiger partial charge < -0.3 is 47.7 Å². The van der Waals surface area contributed by atoms with Gasteiger partial charge in [-0.2, -0.15) is 0 Å². The number of carbonyl (C=O) groups excluding carboxylic acids is 7. The number of halogens is 14. The van der Waals surface area contributed by atoms with E-state index in [2.05, 4.69) is 46.1 Å². The fourth-order valence-corrected chi connectivity index (χ4v) is 8.42. The molecule has 2 aromatic carbocycles. The zero-order chi connectivity index (χ0) is 68.3. The van der Waals surface area contributed by atoms with Crippen molar-refractivity contribution in [1.82, 2.24) is 0 Å². The molecule has 508 valence electrons. The van der Waals surface area contributed by atoms with Crippen molar-refractivity contribution in [3.05, 3.63) is 71.8 Å². The van der Waals surface area contributed by atoms with Gasteiger partial charge in [-0.05, 0) is 78.4 Å². The maximum atomic E-state index is 12.6. The van der Waals surface area contributed by atoms with Crippen LogP contribution in [-0.2, 0) is 66.6 Å². The number of carbonyl (C=O) groups is 7. The average Bonchev–Trinajstić information content (AvgIpc) is 3.67. The molecule has 1 aliphatic heterocycles. The van der Waals surface area contributed by atoms with Gasteiger partial charge in [0.15, 0.2) is 6.86 Å². The predicted octanol–water partition coefficient (Wildman–Crippen LogP) is 15.0. The van der Waals surface area contributed by atoms with Crippen LogP contribution in [0.2, 0.25) is 0 Å². The van der Waals surface area contributed by atoms with Gasteiger partial charge in [-0.3, -0.25) is 24.0 Å². The molecular formula is C56H84Br2F12O17. The Morgan fingerprint density at radius 1 is 0.540 bits per heavy atom. The third kappa shape index (κ3) is 52.1. The Morgan fingerprint density at radius 2 is 0.874 bits per heavy atom. The normalized spacial score (nSPS) is 12.9. The molecule has 87 heavy (non-hydrogen) atoms. The van der Waals surface area contributed by atoms with Gasteiger partial charge in [0, 0.05) is 16.6 Å². The molecule has 0 radical (unpaired) electrons. The summed E-state index contributed by atoms with van der Waals surface area (Å²) in [5.74, 6) is -2.20. The van der Waals surface area contributed by atoms with E-state index in [1.165, 1.54) is 28.1 Å². The van der Waals surface area contributed by atoms with Crippen molar-refractivity contribution in [3.8, 4) is 0 Å². The molecule has 0 amide bonds. The number of rotatable bonds is 25. The summed E-state index contributed by atoms with van der Waals surface area (Å²) in [5.41, 5.74) is -1.16. The summed E-state index contributed by atoms with van der Waals surface area (Å²) in [7, 11) is 2.48. The van der Waals surface area contributed by atoms with Crippen LogP contribution in [0.4, 0.5) is 62.3 Å². The average molecular weight is 1420 g/mol. The Hall–Kier alpha value is -5.59. The lowest BCUT2D eigenvalue weighted by Crippen LogP contribution is -2.43. The second kappa shape index (κ2) is 59.4. The summed E-state index contributed by atoms with van der Waals surface area (Å²) < 4.78 is 162. The Balaban J connectivity index is -0.000000279. The summed E-state index contributed by atoms with van der Waals surface area (Å²) in [6, 6.07) is 19.9. The van der Waals surface area contributed by atoms with E-state index in [1.54, 1.807) is 6.92 Å². The molecule has 2 aromatic rings. The molecule has 0 bridgehead atoms. The number of ether oxygens (including phenoxy) is 9. The molecule has 1 fully saturated rings. The van der Waals surface area contributed by atoms with Crippen LogP contribution in [0.15, 0.2) is 60.7 Å². The Morgan fingerprint density at radius 3 is 1.21 bits per heavy atom. The van der Waals surface area contributed by atoms with Crippen molar-refractivity contribution in [2.45, 2.75) is 109 Å². The minimum absolute atomic E-state index is 0.0124. The lowest BCUT2D eigenvalue weighted by atomic mass is 9.86. The number of cyclic esters (lactones) is 2. The van der Waals surface area contributed by atoms with Crippen LogP contribution in [0.25, 0.3) is 0 Å². The van der Waals surface area contributed by atoms with E-state index in [0.29, 0.717) is 25.9 Å². The van der Waals surface area contributed by atoms with Crippen molar-refractivity contribution in [2.75, 3.05) is 109 Å². The number of unbranched alkanes of at least 4 members (excludes halogenated alkanes) is 5. The highest BCUT2D eigenvalue weighted by Gasteiger charge is 2.42. The van der Waals surface area contributed by atoms with Gasteiger partial charge >= 0.3 is 42.2 Å². The first-order chi connectivity index (χ1) is 40.9. The van der Waals surface area contributed by atoms with Crippen LogP contribution in [0.5, 0.6) is 0 Å². The van der Waals surface area contributed by atoms with E-state index in [0.717, 1.165) is 43.2 Å². The molecule has 0 aromatic heterocycles. The van der Waals surface area contributed by atoms with Gasteiger partial charge in [-0.1, -0.05) is 118 Å². The van der Waals surface area contributed by atoms with Gasteiger partial charge in [-0.15, -0.1) is 0 Å². The number of methoxy groups -OCH3 is 2. The largest absolute Gasteiger partial charge is 0.508 e. The lowest BCUT2D eigenvalue weighted by molar-refractivity contribution is -0.164. The SMILES string of the molecule is CC(C)(CC(Br)c1ccccc1)C(=O)OCCF.COC(=O)C(C)(COC(C)=O)COC(=O)OCCCCCCCCOC(=O)C(C)(C)CC(Br)c1ccccc1.COC(=O)C1(C)COC(=O)OC1.FCF.FCF.FCF.FCF.FCF.OCF. The molecule has 31 heteroatoms. The van der Waals surface area contributed by atoms with Gasteiger partial charge in [0.2, 0.25) is 34.6 Å². The van der Waals surface area contributed by atoms with Crippen LogP contribution < -0.4 is 0 Å². The molecule has 1 heterocycles. The Labute approximate surface area is 517 Å². The summed E-state index contributed by atoms with van der Waals surface area (Å²) in [6.45, 7) is 0.951. The van der Waals surface area contributed by atoms with E-state index in [9.17, 15) is 86.2 Å². The van der Waals surface area contributed by atoms with Crippen LogP contribution in [-0.4, -0.2) is 156 Å². The molecule has 1 saturated heterocycles. The topological polar surface area (TPSA) is 223 Å². The number of aliphatic hydroxyl groups is 1. The number of benzene rings is 2. The maximum Gasteiger partial charge on any atom is 0.508 e. The monoisotopic (exact) mass is 1410 g/mol. The molecule has 3 atom stereocenters. The zero-order valence-corrected chi connectivity index (χ0v) is 53.4. The third-order valence-corrected chi connectivity index (χ3v) is 12.3. The highest BCUT2D eigenvalue weighted by atomic mass is 79.9. The van der Waals surface area contributed by atoms with E-state index >= 15 is 0 Å². The number of hydrogen-bond donors (Lipinski definition) is 1. The van der Waals surface area contributed by atoms with Crippen LogP contribution in [0, 0.1) is 21.7 Å². The van der Waals surface area contributed by atoms with Gasteiger partial charge in [0.05, 0.1) is 38.3 Å². The van der Waals surface area contributed by atoms with Crippen molar-refractivity contribution >= 4 is 74.0 Å². The Bertz CT molecular complexity index is 2000. The quantitative estimate of drug-likeness (QED) is 0.0321. The minimum Gasteiger partial charge on any atom is -0.468 e. The van der Waals surface area contributed by atoms with Crippen LogP contribution in [0.3, 0.4) is 0 Å². The van der Waals surface area contributed by atoms with Gasteiger partial charge in [-0.25, -0.2) is 62.3 Å². The van der Waals surface area contributed by atoms with Gasteiger partial charge in [0.25, 0.3) is 0 Å². The first-order valence-corrected chi connectivity index (χ1v) is 27.7. The highest BCUT2D eigenvalue weighted by Crippen LogP contribution is 2.38. The molecule has 17 nitrogen and oxygen atoms in total. The molecule has 1 N–H and O–H groups in total. The lowest BCUT2D eigenvalue weighted by Gasteiger charge is -2.28. The fourth-order valence-electron chi connectivity index (χ4n) is 6.19. The zero-order valence-electron chi connectivity index (χ0n) is 50.3. The summed E-state index contributed by atoms with van der Waals surface area (Å²) in [6.07, 6.45) is 4.84. The molecule has 3 rings (SSSR count). The van der Waals surface area contributed by atoms with E-state index in [4.69, 9.17) is 33.5 Å². The molecule has 0 saturated carbocycles. The van der Waals surface area contributed by atoms with Crippen molar-refractivity contribution in [3.63, 3.8) is 0 Å². The Kier molecular flexibility index (Phi) is 63.2. The molecule has 0 spiro atoms. The third-order valence-electron chi connectivity index (χ3n) is 10.6. The van der Waals surface area contributed by atoms with Gasteiger partial charge in [0.1, 0.15) is 50.5 Å². The number of aliphatic hydroxyl groups excluding tert-OH is 1. The predicted molar refractivity (Wildman–Crippen MR) is 304 cm³/mol. The van der Waals surface area contributed by atoms with Crippen molar-refractivity contribution < 1.29 is 134 Å². The molecule has 1 aliphatic rings. The summed E-state index contributed by atoms with van der Waals surface area (Å²) >= 11 is 7.26. The van der Waals surface area contributed by atoms with Crippen molar-refractivity contribution in [1.29, 1.82) is 0 Å². The standard InChI is InChI=1S/C29H43BrO9.C14H18BrFO2.C7H10O5.5CH2F2.CH3FO/c1-22(31)38-20-29(4,26(33)35-5)21-39-27(34)37-18-14-9-7-6-8-13-17-36-25(32)28(2,3)19-24(30)23-15-11-10-12-16-23;1-14(2,13(17)18-9-8-16)10-12(15)11-6-4-3-5-7-11;1-7(5(8)10-2)3-11-6(9)12-4-7;6*2-1-3/h10-12,15-16,24H,6-9,13-14,17-21H2,1-5H3;3-7,12H,8-10H2,1-2H3;3-4H2,1-2H3;5*1H2;3H,1H2. The number of hydrogen-bond acceptors (Lipinski definition) is 17. The number of alkyl halides is 14. The van der Waals surface area contributed by atoms with Crippen molar-refractivity contribution in [2.24, 2.45) is 21.7 Å². The first kappa shape index (κ1) is 92.6. The van der Waals surface area contributed by atoms with Crippen LogP contribution in [0.1, 0.15) is 121 Å². The number of esters is 5. The first-order valence-electron chi connectivity index (χ1n) is 25.9. The second-order valence-electron chi connectivity index (χ2n) is 18.7. The molecular weight excluding hydrogens is 1330 g/mol. The maximum absolute atomic E-state index is 12.6. The molecule has 3 unspecified atom stereocenters. The highest BCUT2D eigenvalue weighted by molar-refractivity contribution is 9.09. The molecule has 0 aliphatic carbocycles. The second-order valence-corrected chi connectivity index (χ2v) is 20.9. The fraction of sp³-hybridized carbons (Fsp3) is 0.661. The van der Waals surface area contributed by atoms with E-state index < -0.39 is 100 Å². The van der Waals surface area contributed by atoms with E-state index in [1.807, 2.05) is 88.4 Å². The van der Waals surface area contributed by atoms with E-state index in [-0.39, 0.29) is 61.2 Å². The summed E-state index contributed by atoms with van der Waals surface area (Å²) in [5, 5.41) is 6.90.